The molecular formula is C69H90N10O14S. The zero-order chi connectivity index (χ0) is 66.1. The van der Waals surface area contributed by atoms with E-state index in [1.54, 1.807) is 46.3 Å². The Hall–Kier alpha value is -7.59. The molecule has 4 aromatic carbocycles. The number of amides is 4. The van der Waals surface area contributed by atoms with Gasteiger partial charge in [0.2, 0.25) is 11.8 Å². The Morgan fingerprint density at radius 2 is 1.54 bits per heavy atom. The topological polar surface area (TPSA) is 263 Å². The van der Waals surface area contributed by atoms with E-state index in [0.717, 1.165) is 75.6 Å². The molecule has 0 aliphatic carbocycles. The van der Waals surface area contributed by atoms with Crippen LogP contribution >= 0.6 is 11.3 Å². The van der Waals surface area contributed by atoms with Gasteiger partial charge in [-0.25, -0.2) is 9.67 Å². The van der Waals surface area contributed by atoms with Gasteiger partial charge in [0.05, 0.1) is 120 Å². The van der Waals surface area contributed by atoms with Crippen LogP contribution in [0.25, 0.3) is 21.6 Å². The van der Waals surface area contributed by atoms with Gasteiger partial charge in [-0.2, -0.15) is 0 Å². The summed E-state index contributed by atoms with van der Waals surface area (Å²) < 4.78 is 48.6. The Morgan fingerprint density at radius 1 is 0.819 bits per heavy atom. The van der Waals surface area contributed by atoms with Crippen molar-refractivity contribution in [3.05, 3.63) is 124 Å². The monoisotopic (exact) mass is 1310 g/mol. The number of hydrogen-bond acceptors (Lipinski definition) is 20. The third-order valence-electron chi connectivity index (χ3n) is 17.5. The van der Waals surface area contributed by atoms with Crippen molar-refractivity contribution >= 4 is 35.0 Å². The fourth-order valence-electron chi connectivity index (χ4n) is 12.6. The number of thiazole rings is 1. The summed E-state index contributed by atoms with van der Waals surface area (Å²) >= 11 is 1.54. The number of β-amino-alcohol motifs (C(OH)–C–C–N with tert-alkyl or cyclic N) is 1. The second-order valence-corrected chi connectivity index (χ2v) is 25.3. The van der Waals surface area contributed by atoms with E-state index in [4.69, 9.17) is 37.9 Å². The summed E-state index contributed by atoms with van der Waals surface area (Å²) in [5.74, 6) is 1.44. The molecule has 2 fully saturated rings. The lowest BCUT2D eigenvalue weighted by atomic mass is 9.96. The molecular weight excluding hydrogens is 1220 g/mol. The number of aliphatic hydroxyl groups is 2. The van der Waals surface area contributed by atoms with Crippen molar-refractivity contribution in [2.24, 2.45) is 5.92 Å². The van der Waals surface area contributed by atoms with Crippen LogP contribution in [0.1, 0.15) is 95.2 Å². The van der Waals surface area contributed by atoms with Crippen LogP contribution in [0, 0.1) is 12.8 Å². The van der Waals surface area contributed by atoms with Gasteiger partial charge in [-0.05, 0) is 97.3 Å². The van der Waals surface area contributed by atoms with Gasteiger partial charge in [0, 0.05) is 87.1 Å². The summed E-state index contributed by atoms with van der Waals surface area (Å²) in [6.07, 6.45) is 2.97. The Balaban J connectivity index is 0.597. The molecule has 2 saturated heterocycles. The molecule has 6 aromatic rings. The lowest BCUT2D eigenvalue weighted by Crippen LogP contribution is -2.56. The Morgan fingerprint density at radius 3 is 2.24 bits per heavy atom. The summed E-state index contributed by atoms with van der Waals surface area (Å²) in [6, 6.07) is 21.2. The zero-order valence-corrected chi connectivity index (χ0v) is 55.6. The number of aryl methyl sites for hydroxylation is 1. The van der Waals surface area contributed by atoms with Gasteiger partial charge < -0.3 is 73.0 Å². The van der Waals surface area contributed by atoms with E-state index in [0.29, 0.717) is 133 Å². The fourth-order valence-corrected chi connectivity index (χ4v) is 13.4. The summed E-state index contributed by atoms with van der Waals surface area (Å²) in [7, 11) is 3.20. The number of carbonyl (C=O) groups is 4. The van der Waals surface area contributed by atoms with Crippen LogP contribution in [0.4, 0.5) is 0 Å². The number of methoxy groups -OCH3 is 2. The summed E-state index contributed by atoms with van der Waals surface area (Å²) in [6.45, 7) is 15.5. The molecule has 5 atom stereocenters. The fraction of sp³-hybridized carbons (Fsp3) is 0.522. The average Bonchev–Trinajstić information content (AvgIpc) is 1.45. The number of ether oxygens (including phenoxy) is 8. The van der Waals surface area contributed by atoms with Crippen LogP contribution in [0.3, 0.4) is 0 Å². The van der Waals surface area contributed by atoms with Gasteiger partial charge in [0.15, 0.2) is 0 Å². The molecule has 6 heterocycles. The molecule has 0 bridgehead atoms. The second-order valence-electron chi connectivity index (χ2n) is 24.4. The van der Waals surface area contributed by atoms with E-state index in [1.807, 2.05) is 94.6 Å². The normalized spacial score (nSPS) is 18.0. The number of carbonyl (C=O) groups excluding carboxylic acids is 4. The van der Waals surface area contributed by atoms with Gasteiger partial charge in [0.25, 0.3) is 11.8 Å². The Bertz CT molecular complexity index is 3490. The third kappa shape index (κ3) is 17.8. The minimum atomic E-state index is -1.18. The van der Waals surface area contributed by atoms with E-state index in [9.17, 15) is 29.4 Å². The van der Waals surface area contributed by atoms with Crippen molar-refractivity contribution in [1.82, 2.24) is 50.2 Å². The molecule has 94 heavy (non-hydrogen) atoms. The molecule has 4 N–H and O–H groups in total. The first-order valence-electron chi connectivity index (χ1n) is 32.7. The number of fused-ring (bicyclic) bond motifs is 2. The molecule has 0 radical (unpaired) electrons. The highest BCUT2D eigenvalue weighted by molar-refractivity contribution is 7.13. The number of benzene rings is 4. The first kappa shape index (κ1) is 69.2. The van der Waals surface area contributed by atoms with Crippen LogP contribution in [0.5, 0.6) is 23.0 Å². The van der Waals surface area contributed by atoms with Crippen LogP contribution in [0.2, 0.25) is 0 Å². The van der Waals surface area contributed by atoms with Gasteiger partial charge in [-0.1, -0.05) is 56.3 Å². The maximum atomic E-state index is 14.3. The van der Waals surface area contributed by atoms with E-state index in [-0.39, 0.29) is 68.3 Å². The summed E-state index contributed by atoms with van der Waals surface area (Å²) in [5, 5.41) is 37.7. The predicted molar refractivity (Wildman–Crippen MR) is 352 cm³/mol. The van der Waals surface area contributed by atoms with Gasteiger partial charge in [-0.3, -0.25) is 24.5 Å². The van der Waals surface area contributed by atoms with Crippen LogP contribution in [-0.4, -0.2) is 217 Å². The number of rotatable bonds is 33. The first-order chi connectivity index (χ1) is 45.7. The molecule has 4 amide bonds. The number of nitrogens with one attached hydrogen (secondary N) is 2. The smallest absolute Gasteiger partial charge is 0.255 e. The number of aliphatic hydroxyl groups excluding tert-OH is 2. The van der Waals surface area contributed by atoms with Crippen molar-refractivity contribution in [1.29, 1.82) is 0 Å². The lowest BCUT2D eigenvalue weighted by Gasteiger charge is -2.36. The predicted octanol–water partition coefficient (Wildman–Crippen LogP) is 6.16. The largest absolute Gasteiger partial charge is 0.497 e. The molecule has 2 unspecified atom stereocenters. The maximum absolute atomic E-state index is 14.3. The minimum Gasteiger partial charge on any atom is -0.497 e. The van der Waals surface area contributed by atoms with Crippen LogP contribution < -0.4 is 29.6 Å². The molecule has 0 saturated carbocycles. The SMILES string of the molecule is CCC(=O)N1CCOc2c(cc(-c3cc(OC)cc(OC)c3)cc2C(=O)NC2CCCN(CCc3cn(CCOCCOCCOCCOCCOc4cc(-c5scnc5C)ccc4CNC(O)[C@@H]4C[C@@H](O)CN4C(=O)[C@H](C(C)C)N4Cc5ccccc5C4=O)nn3)C2)C1. The molecule has 506 valence electrons. The quantitative estimate of drug-likeness (QED) is 0.0266. The molecule has 24 nitrogen and oxygen atoms in total. The Labute approximate surface area is 553 Å². The maximum Gasteiger partial charge on any atom is 0.255 e. The van der Waals surface area contributed by atoms with Crippen molar-refractivity contribution < 1.29 is 67.3 Å². The number of likely N-dealkylation sites (tertiary alicyclic amines) is 2. The van der Waals surface area contributed by atoms with Crippen molar-refractivity contribution in [2.45, 2.75) is 116 Å². The van der Waals surface area contributed by atoms with E-state index < -0.39 is 24.4 Å². The molecule has 4 aliphatic rings. The summed E-state index contributed by atoms with van der Waals surface area (Å²) in [4.78, 5) is 67.8. The van der Waals surface area contributed by atoms with Crippen LogP contribution in [-0.2, 0) is 61.1 Å². The van der Waals surface area contributed by atoms with E-state index >= 15 is 0 Å². The molecule has 2 aromatic heterocycles. The highest BCUT2D eigenvalue weighted by Crippen LogP contribution is 2.38. The van der Waals surface area contributed by atoms with Crippen molar-refractivity contribution in [3.63, 3.8) is 0 Å². The highest BCUT2D eigenvalue weighted by Gasteiger charge is 2.46. The number of hydrogen-bond donors (Lipinski definition) is 4. The molecule has 0 spiro atoms. The first-order valence-corrected chi connectivity index (χ1v) is 33.6. The third-order valence-corrected chi connectivity index (χ3v) is 18.5. The standard InChI is InChI=1S/C69H90N10O14S/c1-7-62(81)76-19-22-93-64-52(39-76)31-50(51-32-56(86-5)37-57(33-51)87-6)34-59(64)66(82)72-53-12-10-17-75(41-53)18-16-54-42-77(74-73-54)20-21-88-23-24-89-25-26-90-27-28-91-29-30-92-61-35-47(65-46(4)71-44-94-65)14-15-48(61)38-70-67(83)60-36-55(80)43-78(60)69(85)63(45(2)3)79-40-49-11-8-9-13-58(49)68(79)84/h8-9,11,13-15,31-35,37,42,44-45,53,55,60,63,67,70,80,83H,7,10,12,16-30,36,38-41,43H2,1-6H3,(H,72,82)/t53?,55-,60+,63+,67?/m1/s1. The van der Waals surface area contributed by atoms with Crippen molar-refractivity contribution in [2.75, 3.05) is 113 Å². The number of nitrogens with zero attached hydrogens (tertiary/aromatic N) is 8. The van der Waals surface area contributed by atoms with Gasteiger partial charge >= 0.3 is 0 Å². The van der Waals surface area contributed by atoms with Crippen molar-refractivity contribution in [3.8, 4) is 44.6 Å². The van der Waals surface area contributed by atoms with Gasteiger partial charge in [0.1, 0.15) is 48.5 Å². The van der Waals surface area contributed by atoms with Crippen LogP contribution in [0.15, 0.2) is 84.5 Å². The van der Waals surface area contributed by atoms with E-state index in [1.165, 1.54) is 16.2 Å². The molecule has 25 heteroatoms. The summed E-state index contributed by atoms with van der Waals surface area (Å²) in [5.41, 5.74) is 9.56. The Kier molecular flexibility index (Phi) is 24.8. The zero-order valence-electron chi connectivity index (χ0n) is 54.8. The minimum absolute atomic E-state index is 0.0240. The molecule has 4 aliphatic heterocycles. The average molecular weight is 1320 g/mol. The number of aromatic nitrogens is 4. The van der Waals surface area contributed by atoms with Gasteiger partial charge in [-0.15, -0.1) is 16.4 Å². The van der Waals surface area contributed by atoms with E-state index in [2.05, 4.69) is 30.8 Å². The molecule has 10 rings (SSSR count). The second kappa shape index (κ2) is 33.7. The highest BCUT2D eigenvalue weighted by atomic mass is 32.1. The number of piperidine rings is 1. The lowest BCUT2D eigenvalue weighted by molar-refractivity contribution is -0.141.